The maximum Gasteiger partial charge on any atom is 0.273 e. The van der Waals surface area contributed by atoms with Gasteiger partial charge >= 0.3 is 0 Å². The highest BCUT2D eigenvalue weighted by Crippen LogP contribution is 2.24. The average molecular weight is 436 g/mol. The summed E-state index contributed by atoms with van der Waals surface area (Å²) < 4.78 is 42.1. The highest BCUT2D eigenvalue weighted by molar-refractivity contribution is 6.00. The second kappa shape index (κ2) is 8.97. The molecule has 0 bridgehead atoms. The first kappa shape index (κ1) is 21.2. The summed E-state index contributed by atoms with van der Waals surface area (Å²) in [5.74, 6) is -4.98. The van der Waals surface area contributed by atoms with Crippen LogP contribution in [-0.2, 0) is 6.54 Å². The molecule has 1 aromatic heterocycles. The predicted octanol–water partition coefficient (Wildman–Crippen LogP) is 5.08. The van der Waals surface area contributed by atoms with Gasteiger partial charge in [-0.1, -0.05) is 60.2 Å². The van der Waals surface area contributed by atoms with Crippen LogP contribution in [0.1, 0.15) is 21.5 Å². The molecule has 162 valence electrons. The standard InChI is InChI=1S/C24H19F3N4O/c1-15-7-9-17(10-8-15)23-18(14-31(30-23)13-16-5-3-2-4-6-16)24(32)29-28-20-12-11-19(25)21(26)22(20)27/h2-12,14,28H,13H2,1H3,(H,29,32). The molecule has 0 saturated carbocycles. The summed E-state index contributed by atoms with van der Waals surface area (Å²) >= 11 is 0. The molecule has 0 saturated heterocycles. The van der Waals surface area contributed by atoms with Crippen LogP contribution >= 0.6 is 0 Å². The van der Waals surface area contributed by atoms with Crippen LogP contribution in [0.3, 0.4) is 0 Å². The summed E-state index contributed by atoms with van der Waals surface area (Å²) in [6.07, 6.45) is 1.58. The van der Waals surface area contributed by atoms with Crippen molar-refractivity contribution in [1.29, 1.82) is 0 Å². The third-order valence-electron chi connectivity index (χ3n) is 4.86. The zero-order chi connectivity index (χ0) is 22.7. The third-order valence-corrected chi connectivity index (χ3v) is 4.86. The minimum atomic E-state index is -1.62. The number of hydrogen-bond acceptors (Lipinski definition) is 3. The number of carbonyl (C=O) groups is 1. The van der Waals surface area contributed by atoms with E-state index in [0.717, 1.165) is 28.8 Å². The number of halogens is 3. The summed E-state index contributed by atoms with van der Waals surface area (Å²) in [5, 5.41) is 4.57. The van der Waals surface area contributed by atoms with Crippen LogP contribution in [0.2, 0.25) is 0 Å². The highest BCUT2D eigenvalue weighted by Gasteiger charge is 2.19. The molecule has 0 aliphatic heterocycles. The summed E-state index contributed by atoms with van der Waals surface area (Å²) in [4.78, 5) is 12.9. The molecule has 1 heterocycles. The number of aromatic nitrogens is 2. The topological polar surface area (TPSA) is 59.0 Å². The van der Waals surface area contributed by atoms with Crippen LogP contribution in [0.25, 0.3) is 11.3 Å². The van der Waals surface area contributed by atoms with Crippen LogP contribution in [-0.4, -0.2) is 15.7 Å². The second-order valence-corrected chi connectivity index (χ2v) is 7.24. The Hall–Kier alpha value is -4.07. The van der Waals surface area contributed by atoms with E-state index < -0.39 is 29.0 Å². The number of amides is 1. The lowest BCUT2D eigenvalue weighted by molar-refractivity contribution is 0.0963. The van der Waals surface area contributed by atoms with E-state index in [2.05, 4.69) is 16.0 Å². The number of hydrogen-bond donors (Lipinski definition) is 2. The first-order valence-corrected chi connectivity index (χ1v) is 9.80. The van der Waals surface area contributed by atoms with Gasteiger partial charge in [0.2, 0.25) is 0 Å². The van der Waals surface area contributed by atoms with Crippen LogP contribution in [0.4, 0.5) is 18.9 Å². The minimum absolute atomic E-state index is 0.236. The molecule has 0 aliphatic rings. The number of nitrogens with zero attached hydrogens (tertiary/aromatic N) is 2. The molecule has 5 nitrogen and oxygen atoms in total. The van der Waals surface area contributed by atoms with Gasteiger partial charge in [-0.05, 0) is 24.6 Å². The number of benzene rings is 3. The van der Waals surface area contributed by atoms with Crippen LogP contribution in [0.15, 0.2) is 72.9 Å². The van der Waals surface area contributed by atoms with Crippen molar-refractivity contribution in [3.8, 4) is 11.3 Å². The molecule has 0 fully saturated rings. The predicted molar refractivity (Wildman–Crippen MR) is 115 cm³/mol. The first-order chi connectivity index (χ1) is 15.4. The Labute approximate surface area is 182 Å². The minimum Gasteiger partial charge on any atom is -0.295 e. The van der Waals surface area contributed by atoms with Crippen molar-refractivity contribution in [1.82, 2.24) is 15.2 Å². The third kappa shape index (κ3) is 4.49. The van der Waals surface area contributed by atoms with Crippen LogP contribution < -0.4 is 10.9 Å². The van der Waals surface area contributed by atoms with Gasteiger partial charge in [0.15, 0.2) is 17.5 Å². The molecule has 4 aromatic rings. The van der Waals surface area contributed by atoms with E-state index in [0.29, 0.717) is 12.2 Å². The Balaban J connectivity index is 1.62. The SMILES string of the molecule is Cc1ccc(-c2nn(Cc3ccccc3)cc2C(=O)NNc2ccc(F)c(F)c2F)cc1. The van der Waals surface area contributed by atoms with Gasteiger partial charge in [-0.3, -0.25) is 20.3 Å². The Morgan fingerprint density at radius 1 is 0.938 bits per heavy atom. The van der Waals surface area contributed by atoms with Gasteiger partial charge in [0, 0.05) is 11.8 Å². The van der Waals surface area contributed by atoms with Gasteiger partial charge in [-0.2, -0.15) is 5.10 Å². The lowest BCUT2D eigenvalue weighted by Crippen LogP contribution is -2.30. The van der Waals surface area contributed by atoms with Gasteiger partial charge in [0.25, 0.3) is 5.91 Å². The van der Waals surface area contributed by atoms with E-state index in [-0.39, 0.29) is 5.56 Å². The highest BCUT2D eigenvalue weighted by atomic mass is 19.2. The fourth-order valence-electron chi connectivity index (χ4n) is 3.18. The number of hydrazine groups is 1. The Morgan fingerprint density at radius 3 is 2.38 bits per heavy atom. The molecule has 0 atom stereocenters. The van der Waals surface area contributed by atoms with Crippen molar-refractivity contribution in [2.75, 3.05) is 5.43 Å². The monoisotopic (exact) mass is 436 g/mol. The number of rotatable bonds is 6. The van der Waals surface area contributed by atoms with Crippen molar-refractivity contribution < 1.29 is 18.0 Å². The lowest BCUT2D eigenvalue weighted by atomic mass is 10.1. The Morgan fingerprint density at radius 2 is 1.66 bits per heavy atom. The average Bonchev–Trinajstić information content (AvgIpc) is 3.22. The van der Waals surface area contributed by atoms with Crippen molar-refractivity contribution in [3.63, 3.8) is 0 Å². The summed E-state index contributed by atoms with van der Waals surface area (Å²) in [6.45, 7) is 2.39. The molecule has 8 heteroatoms. The number of carbonyl (C=O) groups excluding carboxylic acids is 1. The van der Waals surface area contributed by atoms with Gasteiger partial charge in [-0.25, -0.2) is 13.2 Å². The molecule has 0 spiro atoms. The molecule has 2 N–H and O–H groups in total. The number of anilines is 1. The van der Waals surface area contributed by atoms with Crippen LogP contribution in [0, 0.1) is 24.4 Å². The van der Waals surface area contributed by atoms with E-state index in [1.54, 1.807) is 10.9 Å². The molecule has 4 rings (SSSR count). The van der Waals surface area contributed by atoms with E-state index in [9.17, 15) is 18.0 Å². The maximum atomic E-state index is 13.9. The number of nitrogens with one attached hydrogen (secondary N) is 2. The maximum absolute atomic E-state index is 13.9. The van der Waals surface area contributed by atoms with Gasteiger partial charge in [0.1, 0.15) is 5.69 Å². The Kier molecular flexibility index (Phi) is 5.93. The normalized spacial score (nSPS) is 10.8. The molecule has 32 heavy (non-hydrogen) atoms. The van der Waals surface area contributed by atoms with Gasteiger partial charge in [-0.15, -0.1) is 0 Å². The van der Waals surface area contributed by atoms with Gasteiger partial charge in [0.05, 0.1) is 17.8 Å². The molecular formula is C24H19F3N4O. The largest absolute Gasteiger partial charge is 0.295 e. The van der Waals surface area contributed by atoms with Crippen LogP contribution in [0.5, 0.6) is 0 Å². The molecule has 0 radical (unpaired) electrons. The zero-order valence-corrected chi connectivity index (χ0v) is 17.1. The molecule has 1 amide bonds. The zero-order valence-electron chi connectivity index (χ0n) is 17.1. The van der Waals surface area contributed by atoms with E-state index in [1.807, 2.05) is 61.5 Å². The van der Waals surface area contributed by atoms with Crippen molar-refractivity contribution in [3.05, 3.63) is 107 Å². The molecule has 0 aliphatic carbocycles. The second-order valence-electron chi connectivity index (χ2n) is 7.24. The van der Waals surface area contributed by atoms with Gasteiger partial charge < -0.3 is 0 Å². The van der Waals surface area contributed by atoms with Crippen molar-refractivity contribution in [2.45, 2.75) is 13.5 Å². The lowest BCUT2D eigenvalue weighted by Gasteiger charge is -2.10. The summed E-state index contributed by atoms with van der Waals surface area (Å²) in [7, 11) is 0. The first-order valence-electron chi connectivity index (χ1n) is 9.80. The van der Waals surface area contributed by atoms with E-state index in [1.165, 1.54) is 0 Å². The quantitative estimate of drug-likeness (QED) is 0.327. The molecular weight excluding hydrogens is 417 g/mol. The summed E-state index contributed by atoms with van der Waals surface area (Å²) in [6, 6.07) is 18.9. The molecule has 3 aromatic carbocycles. The fourth-order valence-corrected chi connectivity index (χ4v) is 3.18. The fraction of sp³-hybridized carbons (Fsp3) is 0.0833. The smallest absolute Gasteiger partial charge is 0.273 e. The van der Waals surface area contributed by atoms with Crippen molar-refractivity contribution >= 4 is 11.6 Å². The molecule has 0 unspecified atom stereocenters. The van der Waals surface area contributed by atoms with Crippen molar-refractivity contribution in [2.24, 2.45) is 0 Å². The van der Waals surface area contributed by atoms with E-state index >= 15 is 0 Å². The van der Waals surface area contributed by atoms with E-state index in [4.69, 9.17) is 0 Å². The number of aryl methyl sites for hydroxylation is 1. The summed E-state index contributed by atoms with van der Waals surface area (Å²) in [5.41, 5.74) is 7.70. The Bertz CT molecular complexity index is 1250.